The third-order valence-corrected chi connectivity index (χ3v) is 6.41. The van der Waals surface area contributed by atoms with Crippen LogP contribution in [0.4, 0.5) is 0 Å². The molecule has 0 bridgehead atoms. The predicted molar refractivity (Wildman–Crippen MR) is 140 cm³/mol. The molecule has 0 unspecified atom stereocenters. The van der Waals surface area contributed by atoms with Crippen molar-refractivity contribution in [2.75, 3.05) is 6.61 Å². The van der Waals surface area contributed by atoms with Crippen molar-refractivity contribution in [1.82, 2.24) is 0 Å². The van der Waals surface area contributed by atoms with Crippen molar-refractivity contribution in [3.05, 3.63) is 179 Å². The Morgan fingerprint density at radius 2 is 0.706 bits per heavy atom. The van der Waals surface area contributed by atoms with Crippen molar-refractivity contribution in [1.29, 1.82) is 0 Å². The smallest absolute Gasteiger partial charge is 0.143 e. The second kappa shape index (κ2) is 10.3. The summed E-state index contributed by atoms with van der Waals surface area (Å²) < 4.78 is 7.16. The van der Waals surface area contributed by atoms with E-state index in [2.05, 4.69) is 152 Å². The Morgan fingerprint density at radius 1 is 0.412 bits per heavy atom. The molecule has 0 fully saturated rings. The van der Waals surface area contributed by atoms with Gasteiger partial charge in [0.25, 0.3) is 0 Å². The van der Waals surface area contributed by atoms with Crippen LogP contribution in [0.3, 0.4) is 0 Å². The van der Waals surface area contributed by atoms with Crippen molar-refractivity contribution in [3.8, 4) is 0 Å². The molecule has 0 aliphatic carbocycles. The quantitative estimate of drug-likeness (QED) is 0.223. The van der Waals surface area contributed by atoms with Gasteiger partial charge in [-0.25, -0.2) is 0 Å². The minimum atomic E-state index is -0.731. The predicted octanol–water partition coefficient (Wildman–Crippen LogP) is 7.83. The zero-order chi connectivity index (χ0) is 23.1. The lowest BCUT2D eigenvalue weighted by Gasteiger charge is -2.37. The number of rotatable bonds is 8. The molecule has 5 aromatic rings. The summed E-state index contributed by atoms with van der Waals surface area (Å²) in [7, 11) is 0. The van der Waals surface area contributed by atoms with Crippen molar-refractivity contribution >= 4 is 0 Å². The Labute approximate surface area is 202 Å². The SMILES string of the molecule is c1ccc(C(COC(c2ccccc2)(c2ccccc2)c2ccccc2)c2ccccc2)cc1. The molecule has 0 N–H and O–H groups in total. The van der Waals surface area contributed by atoms with Gasteiger partial charge in [-0.2, -0.15) is 0 Å². The van der Waals surface area contributed by atoms with Crippen LogP contribution in [0.2, 0.25) is 0 Å². The molecule has 5 aromatic carbocycles. The van der Waals surface area contributed by atoms with Crippen LogP contribution in [0.25, 0.3) is 0 Å². The van der Waals surface area contributed by atoms with E-state index in [4.69, 9.17) is 4.74 Å². The Hall–Kier alpha value is -3.94. The number of ether oxygens (including phenoxy) is 1. The molecule has 1 nitrogen and oxygen atoms in total. The van der Waals surface area contributed by atoms with Crippen molar-refractivity contribution in [2.24, 2.45) is 0 Å². The lowest BCUT2D eigenvalue weighted by atomic mass is 9.79. The van der Waals surface area contributed by atoms with Gasteiger partial charge < -0.3 is 4.74 Å². The lowest BCUT2D eigenvalue weighted by molar-refractivity contribution is 0.00859. The molecule has 0 amide bonds. The lowest BCUT2D eigenvalue weighted by Crippen LogP contribution is -2.34. The molecule has 0 aliphatic heterocycles. The van der Waals surface area contributed by atoms with Gasteiger partial charge in [0.05, 0.1) is 6.61 Å². The zero-order valence-corrected chi connectivity index (χ0v) is 19.1. The average molecular weight is 441 g/mol. The molecular weight excluding hydrogens is 412 g/mol. The van der Waals surface area contributed by atoms with E-state index in [1.807, 2.05) is 0 Å². The van der Waals surface area contributed by atoms with E-state index in [9.17, 15) is 0 Å². The van der Waals surface area contributed by atoms with Gasteiger partial charge in [0, 0.05) is 5.92 Å². The summed E-state index contributed by atoms with van der Waals surface area (Å²) in [5, 5.41) is 0. The van der Waals surface area contributed by atoms with Crippen LogP contribution in [0.15, 0.2) is 152 Å². The second-order valence-corrected chi connectivity index (χ2v) is 8.46. The van der Waals surface area contributed by atoms with E-state index in [1.165, 1.54) is 11.1 Å². The van der Waals surface area contributed by atoms with Crippen molar-refractivity contribution < 1.29 is 4.74 Å². The maximum atomic E-state index is 7.16. The van der Waals surface area contributed by atoms with Crippen LogP contribution < -0.4 is 0 Å². The van der Waals surface area contributed by atoms with E-state index >= 15 is 0 Å². The first kappa shape index (κ1) is 21.9. The molecule has 0 aromatic heterocycles. The van der Waals surface area contributed by atoms with Gasteiger partial charge >= 0.3 is 0 Å². The normalized spacial score (nSPS) is 11.4. The highest BCUT2D eigenvalue weighted by Gasteiger charge is 2.38. The van der Waals surface area contributed by atoms with E-state index in [-0.39, 0.29) is 5.92 Å². The molecule has 0 saturated carbocycles. The average Bonchev–Trinajstić information content (AvgIpc) is 2.94. The first-order valence-corrected chi connectivity index (χ1v) is 11.8. The minimum absolute atomic E-state index is 0.109. The van der Waals surface area contributed by atoms with Gasteiger partial charge in [-0.05, 0) is 27.8 Å². The summed E-state index contributed by atoms with van der Waals surface area (Å²) in [5.74, 6) is 0.109. The standard InChI is InChI=1S/C33H28O/c1-6-16-27(17-7-1)32(28-18-8-2-9-19-28)26-34-33(29-20-10-3-11-21-29,30-22-12-4-13-23-30)31-24-14-5-15-25-31/h1-25,32H,26H2. The fraction of sp³-hybridized carbons (Fsp3) is 0.0909. The van der Waals surface area contributed by atoms with Crippen LogP contribution in [0, 0.1) is 0 Å². The Kier molecular flexibility index (Phi) is 6.65. The summed E-state index contributed by atoms with van der Waals surface area (Å²) in [6.07, 6.45) is 0. The highest BCUT2D eigenvalue weighted by Crippen LogP contribution is 2.42. The third kappa shape index (κ3) is 4.44. The number of hydrogen-bond acceptors (Lipinski definition) is 1. The van der Waals surface area contributed by atoms with Crippen LogP contribution in [-0.4, -0.2) is 6.61 Å². The van der Waals surface area contributed by atoms with Crippen LogP contribution in [-0.2, 0) is 10.3 Å². The zero-order valence-electron chi connectivity index (χ0n) is 19.1. The monoisotopic (exact) mass is 440 g/mol. The Bertz CT molecular complexity index is 1130. The molecule has 34 heavy (non-hydrogen) atoms. The Morgan fingerprint density at radius 3 is 1.03 bits per heavy atom. The fourth-order valence-corrected chi connectivity index (χ4v) is 4.73. The second-order valence-electron chi connectivity index (χ2n) is 8.46. The van der Waals surface area contributed by atoms with Crippen LogP contribution in [0.1, 0.15) is 33.7 Å². The molecule has 5 rings (SSSR count). The molecule has 0 radical (unpaired) electrons. The minimum Gasteiger partial charge on any atom is -0.360 e. The summed E-state index contributed by atoms with van der Waals surface area (Å²) in [5.41, 5.74) is 5.12. The summed E-state index contributed by atoms with van der Waals surface area (Å²) >= 11 is 0. The molecule has 0 heterocycles. The molecule has 166 valence electrons. The van der Waals surface area contributed by atoms with E-state index in [0.717, 1.165) is 16.7 Å². The van der Waals surface area contributed by atoms with Crippen LogP contribution in [0.5, 0.6) is 0 Å². The van der Waals surface area contributed by atoms with Gasteiger partial charge in [-0.1, -0.05) is 152 Å². The van der Waals surface area contributed by atoms with Gasteiger partial charge in [-0.3, -0.25) is 0 Å². The number of hydrogen-bond donors (Lipinski definition) is 0. The Balaban J connectivity index is 1.65. The van der Waals surface area contributed by atoms with Crippen molar-refractivity contribution in [3.63, 3.8) is 0 Å². The molecular formula is C33H28O. The van der Waals surface area contributed by atoms with E-state index < -0.39 is 5.60 Å². The molecule has 0 saturated heterocycles. The first-order valence-electron chi connectivity index (χ1n) is 11.8. The van der Waals surface area contributed by atoms with Crippen molar-refractivity contribution in [2.45, 2.75) is 11.5 Å². The highest BCUT2D eigenvalue weighted by atomic mass is 16.5. The topological polar surface area (TPSA) is 9.23 Å². The summed E-state index contributed by atoms with van der Waals surface area (Å²) in [6.45, 7) is 0.534. The van der Waals surface area contributed by atoms with Gasteiger partial charge in [0.1, 0.15) is 5.60 Å². The maximum absolute atomic E-state index is 7.16. The summed E-state index contributed by atoms with van der Waals surface area (Å²) in [6, 6.07) is 53.0. The molecule has 0 atom stereocenters. The third-order valence-electron chi connectivity index (χ3n) is 6.41. The first-order chi connectivity index (χ1) is 16.9. The van der Waals surface area contributed by atoms with Crippen LogP contribution >= 0.6 is 0 Å². The highest BCUT2D eigenvalue weighted by molar-refractivity contribution is 5.47. The van der Waals surface area contributed by atoms with E-state index in [0.29, 0.717) is 6.61 Å². The number of benzene rings is 5. The fourth-order valence-electron chi connectivity index (χ4n) is 4.73. The molecule has 0 aliphatic rings. The van der Waals surface area contributed by atoms with Gasteiger partial charge in [0.2, 0.25) is 0 Å². The molecule has 0 spiro atoms. The maximum Gasteiger partial charge on any atom is 0.143 e. The summed E-state index contributed by atoms with van der Waals surface area (Å²) in [4.78, 5) is 0. The van der Waals surface area contributed by atoms with Gasteiger partial charge in [0.15, 0.2) is 0 Å². The molecule has 1 heteroatoms. The van der Waals surface area contributed by atoms with Gasteiger partial charge in [-0.15, -0.1) is 0 Å². The van der Waals surface area contributed by atoms with E-state index in [1.54, 1.807) is 0 Å². The largest absolute Gasteiger partial charge is 0.360 e.